The second-order valence-corrected chi connectivity index (χ2v) is 4.20. The highest BCUT2D eigenvalue weighted by Gasteiger charge is 2.22. The van der Waals surface area contributed by atoms with Gasteiger partial charge in [0, 0.05) is 25.0 Å². The highest BCUT2D eigenvalue weighted by molar-refractivity contribution is 6.18. The zero-order valence-electron chi connectivity index (χ0n) is 8.63. The number of morpholine rings is 1. The van der Waals surface area contributed by atoms with Crippen LogP contribution in [0.15, 0.2) is 0 Å². The van der Waals surface area contributed by atoms with Gasteiger partial charge in [-0.1, -0.05) is 13.8 Å². The zero-order chi connectivity index (χ0) is 9.68. The monoisotopic (exact) mass is 205 g/mol. The molecule has 2 unspecified atom stereocenters. The molecule has 0 amide bonds. The van der Waals surface area contributed by atoms with E-state index in [2.05, 4.69) is 18.7 Å². The quantitative estimate of drug-likeness (QED) is 0.651. The first kappa shape index (κ1) is 11.3. The zero-order valence-corrected chi connectivity index (χ0v) is 9.39. The second kappa shape index (κ2) is 5.84. The van der Waals surface area contributed by atoms with Crippen LogP contribution in [-0.4, -0.2) is 43.1 Å². The standard InChI is InChI=1S/C10H20ClNO/c1-3-10-8-13-5-4-12(10)7-9(2)6-11/h9-10H,3-8H2,1-2H3. The summed E-state index contributed by atoms with van der Waals surface area (Å²) in [6.07, 6.45) is 1.18. The van der Waals surface area contributed by atoms with Crippen molar-refractivity contribution in [1.82, 2.24) is 4.90 Å². The highest BCUT2D eigenvalue weighted by Crippen LogP contribution is 2.13. The van der Waals surface area contributed by atoms with Crippen molar-refractivity contribution in [3.05, 3.63) is 0 Å². The number of halogens is 1. The summed E-state index contributed by atoms with van der Waals surface area (Å²) < 4.78 is 5.44. The van der Waals surface area contributed by atoms with Crippen molar-refractivity contribution in [1.29, 1.82) is 0 Å². The van der Waals surface area contributed by atoms with E-state index in [1.807, 2.05) is 0 Å². The van der Waals surface area contributed by atoms with Gasteiger partial charge in [0.25, 0.3) is 0 Å². The number of alkyl halides is 1. The Morgan fingerprint density at radius 2 is 2.38 bits per heavy atom. The van der Waals surface area contributed by atoms with Crippen LogP contribution in [0.3, 0.4) is 0 Å². The molecule has 0 aromatic carbocycles. The van der Waals surface area contributed by atoms with Crippen LogP contribution < -0.4 is 0 Å². The molecule has 3 heteroatoms. The van der Waals surface area contributed by atoms with Crippen LogP contribution in [0.4, 0.5) is 0 Å². The van der Waals surface area contributed by atoms with Gasteiger partial charge in [-0.3, -0.25) is 4.90 Å². The summed E-state index contributed by atoms with van der Waals surface area (Å²) in [5.74, 6) is 1.35. The summed E-state index contributed by atoms with van der Waals surface area (Å²) in [5.41, 5.74) is 0. The van der Waals surface area contributed by atoms with E-state index in [1.54, 1.807) is 0 Å². The molecule has 1 rings (SSSR count). The van der Waals surface area contributed by atoms with Gasteiger partial charge in [-0.05, 0) is 12.3 Å². The average Bonchev–Trinajstić information content (AvgIpc) is 2.18. The van der Waals surface area contributed by atoms with Gasteiger partial charge < -0.3 is 4.74 Å². The summed E-state index contributed by atoms with van der Waals surface area (Å²) in [5, 5.41) is 0. The summed E-state index contributed by atoms with van der Waals surface area (Å²) in [6.45, 7) is 8.38. The molecule has 0 spiro atoms. The number of ether oxygens (including phenoxy) is 1. The molecular formula is C10H20ClNO. The molecule has 2 atom stereocenters. The van der Waals surface area contributed by atoms with Crippen molar-refractivity contribution in [3.63, 3.8) is 0 Å². The minimum absolute atomic E-state index is 0.591. The van der Waals surface area contributed by atoms with Crippen molar-refractivity contribution in [3.8, 4) is 0 Å². The molecule has 1 aliphatic rings. The van der Waals surface area contributed by atoms with Crippen molar-refractivity contribution in [2.75, 3.05) is 32.2 Å². The van der Waals surface area contributed by atoms with Gasteiger partial charge >= 0.3 is 0 Å². The van der Waals surface area contributed by atoms with Crippen molar-refractivity contribution in [2.24, 2.45) is 5.92 Å². The molecular weight excluding hydrogens is 186 g/mol. The van der Waals surface area contributed by atoms with Crippen LogP contribution in [0.1, 0.15) is 20.3 Å². The Morgan fingerprint density at radius 1 is 1.62 bits per heavy atom. The van der Waals surface area contributed by atoms with Gasteiger partial charge in [-0.15, -0.1) is 11.6 Å². The molecule has 1 aliphatic heterocycles. The van der Waals surface area contributed by atoms with Crippen LogP contribution in [0.5, 0.6) is 0 Å². The number of rotatable bonds is 4. The third-order valence-electron chi connectivity index (χ3n) is 2.63. The number of hydrogen-bond acceptors (Lipinski definition) is 2. The Hall–Kier alpha value is 0.210. The van der Waals surface area contributed by atoms with E-state index in [-0.39, 0.29) is 0 Å². The lowest BCUT2D eigenvalue weighted by Gasteiger charge is -2.36. The maximum Gasteiger partial charge on any atom is 0.0622 e. The third kappa shape index (κ3) is 3.45. The summed E-state index contributed by atoms with van der Waals surface area (Å²) in [6, 6.07) is 0.611. The Morgan fingerprint density at radius 3 is 3.00 bits per heavy atom. The van der Waals surface area contributed by atoms with Crippen molar-refractivity contribution in [2.45, 2.75) is 26.3 Å². The molecule has 0 radical (unpaired) electrons. The molecule has 0 N–H and O–H groups in total. The van der Waals surface area contributed by atoms with Crippen molar-refractivity contribution >= 4 is 11.6 Å². The van der Waals surface area contributed by atoms with Crippen molar-refractivity contribution < 1.29 is 4.74 Å². The molecule has 1 saturated heterocycles. The molecule has 78 valence electrons. The van der Waals surface area contributed by atoms with E-state index in [9.17, 15) is 0 Å². The van der Waals surface area contributed by atoms with Crippen LogP contribution in [0.25, 0.3) is 0 Å². The highest BCUT2D eigenvalue weighted by atomic mass is 35.5. The van der Waals surface area contributed by atoms with Gasteiger partial charge in [0.1, 0.15) is 0 Å². The van der Waals surface area contributed by atoms with E-state index in [0.29, 0.717) is 12.0 Å². The van der Waals surface area contributed by atoms with Gasteiger partial charge in [0.15, 0.2) is 0 Å². The molecule has 0 aliphatic carbocycles. The second-order valence-electron chi connectivity index (χ2n) is 3.89. The Balaban J connectivity index is 2.35. The molecule has 0 aromatic heterocycles. The third-order valence-corrected chi connectivity index (χ3v) is 3.16. The predicted octanol–water partition coefficient (Wildman–Crippen LogP) is 1.97. The molecule has 1 heterocycles. The SMILES string of the molecule is CCC1COCCN1CC(C)CCl. The van der Waals surface area contributed by atoms with E-state index < -0.39 is 0 Å². The smallest absolute Gasteiger partial charge is 0.0622 e. The molecule has 0 saturated carbocycles. The fraction of sp³-hybridized carbons (Fsp3) is 1.00. The van der Waals surface area contributed by atoms with Gasteiger partial charge in [-0.25, -0.2) is 0 Å². The maximum atomic E-state index is 5.80. The fourth-order valence-corrected chi connectivity index (χ4v) is 1.85. The van der Waals surface area contributed by atoms with Crippen LogP contribution in [0, 0.1) is 5.92 Å². The lowest BCUT2D eigenvalue weighted by Crippen LogP contribution is -2.46. The fourth-order valence-electron chi connectivity index (χ4n) is 1.75. The maximum absolute atomic E-state index is 5.80. The normalized spacial score (nSPS) is 27.5. The van der Waals surface area contributed by atoms with E-state index in [1.165, 1.54) is 6.42 Å². The van der Waals surface area contributed by atoms with Gasteiger partial charge in [0.2, 0.25) is 0 Å². The number of hydrogen-bond donors (Lipinski definition) is 0. The Labute approximate surface area is 86.2 Å². The summed E-state index contributed by atoms with van der Waals surface area (Å²) >= 11 is 5.80. The Kier molecular flexibility index (Phi) is 5.07. The molecule has 0 bridgehead atoms. The van der Waals surface area contributed by atoms with Gasteiger partial charge in [-0.2, -0.15) is 0 Å². The topological polar surface area (TPSA) is 12.5 Å². The molecule has 1 fully saturated rings. The Bertz CT molecular complexity index is 143. The van der Waals surface area contributed by atoms with E-state index in [0.717, 1.165) is 32.2 Å². The molecule has 13 heavy (non-hydrogen) atoms. The van der Waals surface area contributed by atoms with Gasteiger partial charge in [0.05, 0.1) is 13.2 Å². The minimum atomic E-state index is 0.591. The lowest BCUT2D eigenvalue weighted by atomic mass is 10.1. The van der Waals surface area contributed by atoms with Crippen LogP contribution in [0.2, 0.25) is 0 Å². The lowest BCUT2D eigenvalue weighted by molar-refractivity contribution is -0.0132. The van der Waals surface area contributed by atoms with Crippen LogP contribution >= 0.6 is 11.6 Å². The first-order valence-corrected chi connectivity index (χ1v) is 5.69. The number of nitrogens with zero attached hydrogens (tertiary/aromatic N) is 1. The van der Waals surface area contributed by atoms with E-state index in [4.69, 9.17) is 16.3 Å². The van der Waals surface area contributed by atoms with E-state index >= 15 is 0 Å². The minimum Gasteiger partial charge on any atom is -0.378 e. The largest absolute Gasteiger partial charge is 0.378 e. The average molecular weight is 206 g/mol. The first-order valence-electron chi connectivity index (χ1n) is 5.15. The van der Waals surface area contributed by atoms with Crippen LogP contribution in [-0.2, 0) is 4.74 Å². The first-order chi connectivity index (χ1) is 6.27. The summed E-state index contributed by atoms with van der Waals surface area (Å²) in [7, 11) is 0. The predicted molar refractivity (Wildman–Crippen MR) is 56.4 cm³/mol. The molecule has 0 aromatic rings. The molecule has 2 nitrogen and oxygen atoms in total. The summed E-state index contributed by atoms with van der Waals surface area (Å²) in [4.78, 5) is 2.51.